The van der Waals surface area contributed by atoms with Crippen molar-refractivity contribution in [2.24, 2.45) is 4.40 Å². The predicted molar refractivity (Wildman–Crippen MR) is 146 cm³/mol. The Hall–Kier alpha value is -2.14. The quantitative estimate of drug-likeness (QED) is 0.191. The molecule has 4 rings (SSSR count). The van der Waals surface area contributed by atoms with Crippen LogP contribution in [0.3, 0.4) is 0 Å². The molecule has 0 radical (unpaired) electrons. The molecule has 1 aliphatic carbocycles. The van der Waals surface area contributed by atoms with E-state index in [4.69, 9.17) is 20.8 Å². The van der Waals surface area contributed by atoms with Gasteiger partial charge >= 0.3 is 6.09 Å². The van der Waals surface area contributed by atoms with Gasteiger partial charge in [-0.2, -0.15) is 4.98 Å². The van der Waals surface area contributed by atoms with Crippen LogP contribution in [-0.4, -0.2) is 37.2 Å². The number of amides is 1. The molecule has 1 saturated carbocycles. The zero-order chi connectivity index (χ0) is 26.5. The Morgan fingerprint density at radius 2 is 2.03 bits per heavy atom. The predicted octanol–water partition coefficient (Wildman–Crippen LogP) is 6.75. The average Bonchev–Trinajstić information content (AvgIpc) is 3.20. The Morgan fingerprint density at radius 3 is 2.58 bits per heavy atom. The number of aromatic nitrogens is 2. The highest BCUT2D eigenvalue weighted by atomic mass is 35.5. The number of hydrogen-bond donors (Lipinski definition) is 0. The second kappa shape index (κ2) is 9.63. The summed E-state index contributed by atoms with van der Waals surface area (Å²) in [4.78, 5) is 24.8. The number of aryl methyl sites for hydroxylation is 1. The average molecular weight is 551 g/mol. The highest BCUT2D eigenvalue weighted by molar-refractivity contribution is 7.91. The van der Waals surface area contributed by atoms with Gasteiger partial charge in [0.05, 0.1) is 29.2 Å². The van der Waals surface area contributed by atoms with Gasteiger partial charge in [-0.1, -0.05) is 4.40 Å². The minimum Gasteiger partial charge on any atom is -0.591 e. The van der Waals surface area contributed by atoms with Crippen molar-refractivity contribution >= 4 is 62.6 Å². The molecular weight excluding hydrogens is 520 g/mol. The van der Waals surface area contributed by atoms with Crippen molar-refractivity contribution in [3.05, 3.63) is 39.9 Å². The summed E-state index contributed by atoms with van der Waals surface area (Å²) in [6.07, 6.45) is 4.60. The zero-order valence-electron chi connectivity index (χ0n) is 21.5. The van der Waals surface area contributed by atoms with E-state index in [1.165, 1.54) is 16.2 Å². The van der Waals surface area contributed by atoms with Gasteiger partial charge in [0.2, 0.25) is 5.28 Å². The summed E-state index contributed by atoms with van der Waals surface area (Å²) in [6.45, 7) is 13.2. The molecule has 3 aromatic rings. The van der Waals surface area contributed by atoms with E-state index in [0.717, 1.165) is 28.0 Å². The molecule has 1 fully saturated rings. The molecule has 8 nitrogen and oxygen atoms in total. The first-order valence-electron chi connectivity index (χ1n) is 11.7. The Balaban J connectivity index is 1.81. The molecule has 0 aromatic carbocycles. The van der Waals surface area contributed by atoms with E-state index in [1.54, 1.807) is 18.4 Å². The van der Waals surface area contributed by atoms with Gasteiger partial charge in [0.15, 0.2) is 5.82 Å². The minimum absolute atomic E-state index is 0.0327. The van der Waals surface area contributed by atoms with Crippen LogP contribution in [0.15, 0.2) is 27.2 Å². The molecule has 194 valence electrons. The van der Waals surface area contributed by atoms with E-state index in [0.29, 0.717) is 17.1 Å². The molecule has 0 N–H and O–H groups in total. The highest BCUT2D eigenvalue weighted by Gasteiger charge is 2.47. The van der Waals surface area contributed by atoms with Crippen molar-refractivity contribution in [3.63, 3.8) is 0 Å². The number of halogens is 1. The summed E-state index contributed by atoms with van der Waals surface area (Å²) in [6, 6.07) is 3.55. The summed E-state index contributed by atoms with van der Waals surface area (Å²) >= 11 is 6.53. The number of carbonyl (C=O) groups excluding carboxylic acids is 1. The third-order valence-electron chi connectivity index (χ3n) is 5.64. The van der Waals surface area contributed by atoms with E-state index in [2.05, 4.69) is 14.4 Å². The van der Waals surface area contributed by atoms with Gasteiger partial charge in [-0.05, 0) is 90.6 Å². The monoisotopic (exact) mass is 550 g/mol. The Morgan fingerprint density at radius 1 is 1.33 bits per heavy atom. The van der Waals surface area contributed by atoms with Crippen LogP contribution in [0.1, 0.15) is 70.6 Å². The largest absolute Gasteiger partial charge is 0.591 e. The van der Waals surface area contributed by atoms with Crippen LogP contribution in [0, 0.1) is 6.92 Å². The third kappa shape index (κ3) is 5.72. The number of rotatable bonds is 6. The molecule has 0 bridgehead atoms. The number of ether oxygens (including phenoxy) is 1. The SMILES string of the molecule is Cc1c(C2(/C=N/[S@+]([O-])C(C)(C)C)CC2)sc2c(N(Cc3ccco3)C(=O)OC(C)(C)C)nc(Cl)nc12. The maximum absolute atomic E-state index is 13.3. The fourth-order valence-electron chi connectivity index (χ4n) is 3.66. The summed E-state index contributed by atoms with van der Waals surface area (Å²) in [7, 11) is 0. The molecule has 0 aliphatic heterocycles. The number of anilines is 1. The molecule has 0 unspecified atom stereocenters. The highest BCUT2D eigenvalue weighted by Crippen LogP contribution is 2.53. The fraction of sp³-hybridized carbons (Fsp3) is 0.520. The van der Waals surface area contributed by atoms with E-state index in [9.17, 15) is 9.35 Å². The summed E-state index contributed by atoms with van der Waals surface area (Å²) in [5.41, 5.74) is 0.614. The van der Waals surface area contributed by atoms with E-state index in [1.807, 2.05) is 54.7 Å². The van der Waals surface area contributed by atoms with Gasteiger partial charge < -0.3 is 13.7 Å². The Kier molecular flexibility index (Phi) is 7.20. The molecule has 11 heteroatoms. The van der Waals surface area contributed by atoms with Crippen molar-refractivity contribution < 1.29 is 18.5 Å². The normalized spacial score (nSPS) is 16.5. The number of fused-ring (bicyclic) bond motifs is 1. The smallest absolute Gasteiger partial charge is 0.416 e. The summed E-state index contributed by atoms with van der Waals surface area (Å²) in [5.74, 6) is 0.939. The lowest BCUT2D eigenvalue weighted by Gasteiger charge is -2.26. The molecular formula is C25H31ClN4O4S2. The zero-order valence-corrected chi connectivity index (χ0v) is 23.9. The van der Waals surface area contributed by atoms with E-state index >= 15 is 0 Å². The van der Waals surface area contributed by atoms with Crippen LogP contribution in [0.4, 0.5) is 10.6 Å². The first-order chi connectivity index (χ1) is 16.7. The minimum atomic E-state index is -1.35. The van der Waals surface area contributed by atoms with Gasteiger partial charge in [0.1, 0.15) is 27.5 Å². The second-order valence-electron chi connectivity index (χ2n) is 10.9. The fourth-order valence-corrected chi connectivity index (χ4v) is 5.90. The van der Waals surface area contributed by atoms with Crippen LogP contribution >= 0.6 is 22.9 Å². The van der Waals surface area contributed by atoms with Crippen molar-refractivity contribution in [3.8, 4) is 0 Å². The lowest BCUT2D eigenvalue weighted by Crippen LogP contribution is -2.37. The molecule has 1 amide bonds. The maximum atomic E-state index is 13.3. The van der Waals surface area contributed by atoms with Crippen molar-refractivity contribution in [1.29, 1.82) is 0 Å². The third-order valence-corrected chi connectivity index (χ3v) is 8.65. The first-order valence-corrected chi connectivity index (χ1v) is 14.0. The Bertz CT molecular complexity index is 1290. The van der Waals surface area contributed by atoms with Crippen LogP contribution in [0.5, 0.6) is 0 Å². The van der Waals surface area contributed by atoms with Gasteiger partial charge in [-0.3, -0.25) is 4.90 Å². The first kappa shape index (κ1) is 26.9. The number of furan rings is 1. The van der Waals surface area contributed by atoms with Gasteiger partial charge in [-0.25, -0.2) is 9.78 Å². The molecule has 0 saturated heterocycles. The standard InChI is InChI=1S/C25H31ClN4O4S2/c1-15-17-18(35-19(15)25(10-11-25)14-27-36(32)24(5,6)7)20(29-21(26)28-17)30(13-16-9-8-12-33-16)22(31)34-23(2,3)4/h8-9,12,14H,10-11,13H2,1-7H3/b27-14+/t36-/m1/s1. The topological polar surface area (TPSA) is 104 Å². The molecule has 3 heterocycles. The molecule has 1 atom stereocenters. The lowest BCUT2D eigenvalue weighted by molar-refractivity contribution is 0.0574. The molecule has 3 aromatic heterocycles. The van der Waals surface area contributed by atoms with E-state index in [-0.39, 0.29) is 17.2 Å². The number of thiophene rings is 1. The lowest BCUT2D eigenvalue weighted by atomic mass is 10.0. The van der Waals surface area contributed by atoms with Gasteiger partial charge in [0.25, 0.3) is 0 Å². The van der Waals surface area contributed by atoms with Crippen LogP contribution < -0.4 is 4.90 Å². The van der Waals surface area contributed by atoms with Gasteiger partial charge in [-0.15, -0.1) is 11.3 Å². The van der Waals surface area contributed by atoms with Crippen molar-refractivity contribution in [2.45, 2.75) is 83.6 Å². The molecule has 36 heavy (non-hydrogen) atoms. The summed E-state index contributed by atoms with van der Waals surface area (Å²) < 4.78 is 28.5. The van der Waals surface area contributed by atoms with Crippen molar-refractivity contribution in [1.82, 2.24) is 9.97 Å². The Labute approximate surface area is 223 Å². The van der Waals surface area contributed by atoms with Crippen LogP contribution in [0.2, 0.25) is 5.28 Å². The van der Waals surface area contributed by atoms with Crippen LogP contribution in [-0.2, 0) is 28.1 Å². The number of nitrogens with zero attached hydrogens (tertiary/aromatic N) is 4. The van der Waals surface area contributed by atoms with Gasteiger partial charge in [0, 0.05) is 10.3 Å². The second-order valence-corrected chi connectivity index (χ2v) is 14.2. The maximum Gasteiger partial charge on any atom is 0.416 e. The van der Waals surface area contributed by atoms with Crippen LogP contribution in [0.25, 0.3) is 10.2 Å². The molecule has 1 aliphatic rings. The molecule has 0 spiro atoms. The van der Waals surface area contributed by atoms with Crippen molar-refractivity contribution in [2.75, 3.05) is 4.90 Å². The number of hydrogen-bond acceptors (Lipinski definition) is 8. The number of carbonyl (C=O) groups is 1. The summed E-state index contributed by atoms with van der Waals surface area (Å²) in [5, 5.41) is 0.0327. The van der Waals surface area contributed by atoms with E-state index < -0.39 is 27.8 Å².